The monoisotopic (exact) mass is 398 g/mol. The summed E-state index contributed by atoms with van der Waals surface area (Å²) >= 11 is 0. The van der Waals surface area contributed by atoms with Crippen molar-refractivity contribution in [2.75, 3.05) is 0 Å². The van der Waals surface area contributed by atoms with Gasteiger partial charge in [0.15, 0.2) is 0 Å². The Kier molecular flexibility index (Phi) is 18.5. The maximum atomic E-state index is 11.8. The first-order chi connectivity index (χ1) is 13.5. The Morgan fingerprint density at radius 2 is 0.929 bits per heavy atom. The molecule has 0 saturated carbocycles. The summed E-state index contributed by atoms with van der Waals surface area (Å²) in [6.07, 6.45) is 16.2. The average Bonchev–Trinajstić information content (AvgIpc) is 2.65. The van der Waals surface area contributed by atoms with Crippen molar-refractivity contribution in [2.24, 2.45) is 0 Å². The van der Waals surface area contributed by atoms with Gasteiger partial charge in [0.25, 0.3) is 0 Å². The molecular weight excluding hydrogens is 352 g/mol. The highest BCUT2D eigenvalue weighted by molar-refractivity contribution is 5.69. The number of rotatable bonds is 19. The summed E-state index contributed by atoms with van der Waals surface area (Å²) in [5, 5.41) is 0. The Morgan fingerprint density at radius 3 is 1.29 bits per heavy atom. The van der Waals surface area contributed by atoms with Crippen molar-refractivity contribution in [2.45, 2.75) is 143 Å². The van der Waals surface area contributed by atoms with Gasteiger partial charge in [-0.05, 0) is 52.4 Å². The lowest BCUT2D eigenvalue weighted by molar-refractivity contribution is -0.150. The Hall–Kier alpha value is -1.06. The molecule has 2 atom stereocenters. The van der Waals surface area contributed by atoms with E-state index < -0.39 is 0 Å². The molecule has 0 aliphatic heterocycles. The van der Waals surface area contributed by atoms with Crippen molar-refractivity contribution in [1.29, 1.82) is 0 Å². The molecule has 0 amide bonds. The second-order valence-corrected chi connectivity index (χ2v) is 8.21. The lowest BCUT2D eigenvalue weighted by atomic mass is 10.1. The Morgan fingerprint density at radius 1 is 0.571 bits per heavy atom. The molecule has 2 unspecified atom stereocenters. The normalized spacial score (nSPS) is 13.1. The molecule has 0 rings (SSSR count). The predicted molar refractivity (Wildman–Crippen MR) is 116 cm³/mol. The van der Waals surface area contributed by atoms with Gasteiger partial charge in [-0.25, -0.2) is 0 Å². The van der Waals surface area contributed by atoms with Crippen molar-refractivity contribution in [3.63, 3.8) is 0 Å². The van der Waals surface area contributed by atoms with E-state index in [4.69, 9.17) is 9.47 Å². The zero-order chi connectivity index (χ0) is 21.0. The molecule has 0 saturated heterocycles. The summed E-state index contributed by atoms with van der Waals surface area (Å²) in [5.41, 5.74) is 0. The van der Waals surface area contributed by atoms with Crippen LogP contribution in [0, 0.1) is 0 Å². The number of carbonyl (C=O) groups excluding carboxylic acids is 2. The van der Waals surface area contributed by atoms with E-state index in [2.05, 4.69) is 13.8 Å². The summed E-state index contributed by atoms with van der Waals surface area (Å²) in [7, 11) is 0. The number of ether oxygens (including phenoxy) is 2. The molecular formula is C24H46O4. The highest BCUT2D eigenvalue weighted by Gasteiger charge is 2.10. The van der Waals surface area contributed by atoms with E-state index in [1.165, 1.54) is 38.5 Å². The van der Waals surface area contributed by atoms with Crippen molar-refractivity contribution < 1.29 is 19.1 Å². The molecule has 0 aliphatic carbocycles. The first-order valence-electron chi connectivity index (χ1n) is 11.9. The van der Waals surface area contributed by atoms with E-state index >= 15 is 0 Å². The fourth-order valence-electron chi connectivity index (χ4n) is 3.29. The molecule has 0 N–H and O–H groups in total. The predicted octanol–water partition coefficient (Wildman–Crippen LogP) is 7.13. The van der Waals surface area contributed by atoms with Gasteiger partial charge in [-0.15, -0.1) is 0 Å². The quantitative estimate of drug-likeness (QED) is 0.171. The van der Waals surface area contributed by atoms with Crippen LogP contribution in [0.1, 0.15) is 130 Å². The molecule has 0 aromatic heterocycles. The Bertz CT molecular complexity index is 345. The molecule has 0 aliphatic rings. The molecule has 0 aromatic carbocycles. The van der Waals surface area contributed by atoms with Gasteiger partial charge in [-0.3, -0.25) is 9.59 Å². The van der Waals surface area contributed by atoms with Gasteiger partial charge in [0.1, 0.15) is 0 Å². The molecule has 28 heavy (non-hydrogen) atoms. The van der Waals surface area contributed by atoms with Crippen LogP contribution in [-0.4, -0.2) is 24.1 Å². The fourth-order valence-corrected chi connectivity index (χ4v) is 3.29. The van der Waals surface area contributed by atoms with Gasteiger partial charge in [0, 0.05) is 12.8 Å². The molecule has 0 aromatic rings. The third kappa shape index (κ3) is 18.3. The number of carbonyl (C=O) groups is 2. The van der Waals surface area contributed by atoms with Gasteiger partial charge in [-0.1, -0.05) is 65.2 Å². The molecule has 4 nitrogen and oxygen atoms in total. The number of hydrogen-bond donors (Lipinski definition) is 0. The second kappa shape index (κ2) is 19.3. The maximum Gasteiger partial charge on any atom is 0.306 e. The van der Waals surface area contributed by atoms with Crippen LogP contribution < -0.4 is 0 Å². The summed E-state index contributed by atoms with van der Waals surface area (Å²) in [6, 6.07) is 0. The lowest BCUT2D eigenvalue weighted by Crippen LogP contribution is -2.15. The largest absolute Gasteiger partial charge is 0.463 e. The minimum absolute atomic E-state index is 0.0306. The number of unbranched alkanes of at least 4 members (excludes halogenated alkanes) is 9. The SMILES string of the molecule is CCCCCCC(C)OC(=O)CCCCCCC(=O)OC(C)CCCCCC. The summed E-state index contributed by atoms with van der Waals surface area (Å²) in [4.78, 5) is 23.7. The molecule has 4 heteroatoms. The average molecular weight is 399 g/mol. The third-order valence-electron chi connectivity index (χ3n) is 5.11. The van der Waals surface area contributed by atoms with E-state index in [9.17, 15) is 9.59 Å². The zero-order valence-electron chi connectivity index (χ0n) is 19.1. The lowest BCUT2D eigenvalue weighted by Gasteiger charge is -2.13. The van der Waals surface area contributed by atoms with Crippen LogP contribution in [0.4, 0.5) is 0 Å². The summed E-state index contributed by atoms with van der Waals surface area (Å²) < 4.78 is 10.9. The third-order valence-corrected chi connectivity index (χ3v) is 5.11. The summed E-state index contributed by atoms with van der Waals surface area (Å²) in [5.74, 6) is -0.168. The first kappa shape index (κ1) is 26.9. The van der Waals surface area contributed by atoms with Gasteiger partial charge in [-0.2, -0.15) is 0 Å². The van der Waals surface area contributed by atoms with Crippen molar-refractivity contribution in [3.8, 4) is 0 Å². The van der Waals surface area contributed by atoms with Crippen LogP contribution in [0.15, 0.2) is 0 Å². The number of hydrogen-bond acceptors (Lipinski definition) is 4. The maximum absolute atomic E-state index is 11.8. The minimum Gasteiger partial charge on any atom is -0.463 e. The van der Waals surface area contributed by atoms with Crippen LogP contribution in [0.3, 0.4) is 0 Å². The van der Waals surface area contributed by atoms with E-state index in [0.29, 0.717) is 12.8 Å². The Labute approximate surface area is 174 Å². The van der Waals surface area contributed by atoms with Gasteiger partial charge in [0.05, 0.1) is 12.2 Å². The van der Waals surface area contributed by atoms with Crippen LogP contribution in [-0.2, 0) is 19.1 Å². The van der Waals surface area contributed by atoms with Gasteiger partial charge < -0.3 is 9.47 Å². The summed E-state index contributed by atoms with van der Waals surface area (Å²) in [6.45, 7) is 8.37. The molecule has 0 heterocycles. The Balaban J connectivity index is 3.54. The minimum atomic E-state index is -0.0840. The van der Waals surface area contributed by atoms with Gasteiger partial charge in [0.2, 0.25) is 0 Å². The van der Waals surface area contributed by atoms with Crippen LogP contribution >= 0.6 is 0 Å². The highest BCUT2D eigenvalue weighted by Crippen LogP contribution is 2.12. The molecule has 0 radical (unpaired) electrons. The first-order valence-corrected chi connectivity index (χ1v) is 11.9. The molecule has 166 valence electrons. The molecule has 0 fully saturated rings. The molecule has 0 bridgehead atoms. The van der Waals surface area contributed by atoms with E-state index in [-0.39, 0.29) is 24.1 Å². The second-order valence-electron chi connectivity index (χ2n) is 8.21. The van der Waals surface area contributed by atoms with E-state index in [1.54, 1.807) is 0 Å². The van der Waals surface area contributed by atoms with Crippen LogP contribution in [0.25, 0.3) is 0 Å². The zero-order valence-corrected chi connectivity index (χ0v) is 19.1. The van der Waals surface area contributed by atoms with Crippen molar-refractivity contribution in [3.05, 3.63) is 0 Å². The van der Waals surface area contributed by atoms with Crippen LogP contribution in [0.5, 0.6) is 0 Å². The van der Waals surface area contributed by atoms with E-state index in [1.807, 2.05) is 13.8 Å². The van der Waals surface area contributed by atoms with E-state index in [0.717, 1.165) is 51.4 Å². The number of esters is 2. The van der Waals surface area contributed by atoms with Gasteiger partial charge >= 0.3 is 11.9 Å². The highest BCUT2D eigenvalue weighted by atomic mass is 16.5. The smallest absolute Gasteiger partial charge is 0.306 e. The van der Waals surface area contributed by atoms with Crippen molar-refractivity contribution in [1.82, 2.24) is 0 Å². The van der Waals surface area contributed by atoms with Crippen molar-refractivity contribution >= 4 is 11.9 Å². The standard InChI is InChI=1S/C24H46O4/c1-5-7-9-13-17-21(3)27-23(25)19-15-11-12-16-20-24(26)28-22(4)18-14-10-8-6-2/h21-22H,5-20H2,1-4H3. The molecule has 0 spiro atoms. The fraction of sp³-hybridized carbons (Fsp3) is 0.917. The van der Waals surface area contributed by atoms with Crippen LogP contribution in [0.2, 0.25) is 0 Å². The topological polar surface area (TPSA) is 52.6 Å².